The van der Waals surface area contributed by atoms with Crippen molar-refractivity contribution in [3.05, 3.63) is 42.5 Å². The number of benzene rings is 2. The largest absolute Gasteiger partial charge is 0.456 e. The summed E-state index contributed by atoms with van der Waals surface area (Å²) in [5.74, 6) is 2.02. The van der Waals surface area contributed by atoms with Crippen molar-refractivity contribution in [1.82, 2.24) is 0 Å². The summed E-state index contributed by atoms with van der Waals surface area (Å²) in [7, 11) is 0. The Morgan fingerprint density at radius 2 is 1.42 bits per heavy atom. The molecule has 3 aromatic rings. The molecule has 26 heavy (non-hydrogen) atoms. The van der Waals surface area contributed by atoms with Crippen molar-refractivity contribution in [2.24, 2.45) is 11.8 Å². The van der Waals surface area contributed by atoms with Crippen LogP contribution in [0.1, 0.15) is 57.8 Å². The van der Waals surface area contributed by atoms with Gasteiger partial charge in [-0.3, -0.25) is 0 Å². The van der Waals surface area contributed by atoms with Gasteiger partial charge in [0, 0.05) is 22.5 Å². The Hall–Kier alpha value is -1.96. The maximum Gasteiger partial charge on any atom is 0.135 e. The lowest BCUT2D eigenvalue weighted by Crippen LogP contribution is -2.30. The van der Waals surface area contributed by atoms with Crippen LogP contribution in [0.15, 0.2) is 46.9 Å². The van der Waals surface area contributed by atoms with E-state index in [0.717, 1.165) is 23.0 Å². The third-order valence-electron chi connectivity index (χ3n) is 6.84. The van der Waals surface area contributed by atoms with E-state index in [1.54, 1.807) is 0 Å². The lowest BCUT2D eigenvalue weighted by Gasteiger charge is -2.36. The van der Waals surface area contributed by atoms with Crippen molar-refractivity contribution in [2.45, 2.75) is 63.8 Å². The van der Waals surface area contributed by atoms with E-state index < -0.39 is 0 Å². The van der Waals surface area contributed by atoms with Gasteiger partial charge in [0.05, 0.1) is 0 Å². The van der Waals surface area contributed by atoms with Crippen molar-refractivity contribution in [1.29, 1.82) is 0 Å². The van der Waals surface area contributed by atoms with Crippen molar-refractivity contribution < 1.29 is 4.42 Å². The first kappa shape index (κ1) is 16.2. The lowest BCUT2D eigenvalue weighted by molar-refractivity contribution is 0.190. The van der Waals surface area contributed by atoms with Gasteiger partial charge in [0.1, 0.15) is 11.2 Å². The molecule has 2 nitrogen and oxygen atoms in total. The highest BCUT2D eigenvalue weighted by Gasteiger charge is 2.28. The van der Waals surface area contributed by atoms with Crippen LogP contribution in [0.4, 0.5) is 5.69 Å². The van der Waals surface area contributed by atoms with Crippen LogP contribution in [0.25, 0.3) is 21.9 Å². The maximum absolute atomic E-state index is 5.95. The second-order valence-electron chi connectivity index (χ2n) is 8.46. The number of nitrogens with one attached hydrogen (secondary N) is 1. The molecule has 0 atom stereocenters. The molecule has 1 heterocycles. The zero-order valence-corrected chi connectivity index (χ0v) is 15.5. The summed E-state index contributed by atoms with van der Waals surface area (Å²) in [4.78, 5) is 0. The van der Waals surface area contributed by atoms with Crippen molar-refractivity contribution >= 4 is 27.6 Å². The van der Waals surface area contributed by atoms with Gasteiger partial charge in [0.15, 0.2) is 0 Å². The van der Waals surface area contributed by atoms with Crippen LogP contribution in [0.2, 0.25) is 0 Å². The molecule has 0 bridgehead atoms. The standard InChI is InChI=1S/C24H29NO/c1-2-6-17(7-3-1)18-10-12-19(13-11-18)25-20-14-15-24-22(16-20)21-8-4-5-9-23(21)26-24/h4-5,8-9,14-19,25H,1-3,6-7,10-13H2. The third-order valence-corrected chi connectivity index (χ3v) is 6.84. The summed E-state index contributed by atoms with van der Waals surface area (Å²) in [5, 5.41) is 6.25. The van der Waals surface area contributed by atoms with Crippen LogP contribution < -0.4 is 5.32 Å². The van der Waals surface area contributed by atoms with Gasteiger partial charge in [-0.05, 0) is 61.8 Å². The SMILES string of the molecule is c1ccc2c(c1)oc1ccc(NC3CCC(C4CCCCC4)CC3)cc12. The molecular weight excluding hydrogens is 318 g/mol. The number of rotatable bonds is 3. The minimum atomic E-state index is 0.630. The van der Waals surface area contributed by atoms with E-state index in [0.29, 0.717) is 6.04 Å². The van der Waals surface area contributed by atoms with Gasteiger partial charge in [-0.25, -0.2) is 0 Å². The number of hydrogen-bond acceptors (Lipinski definition) is 2. The van der Waals surface area contributed by atoms with E-state index in [4.69, 9.17) is 4.42 Å². The number of para-hydroxylation sites is 1. The van der Waals surface area contributed by atoms with Gasteiger partial charge in [0.25, 0.3) is 0 Å². The molecule has 0 aliphatic heterocycles. The fourth-order valence-electron chi connectivity index (χ4n) is 5.39. The van der Waals surface area contributed by atoms with E-state index in [-0.39, 0.29) is 0 Å². The highest BCUT2D eigenvalue weighted by Crippen LogP contribution is 2.39. The number of fused-ring (bicyclic) bond motifs is 3. The van der Waals surface area contributed by atoms with E-state index in [9.17, 15) is 0 Å². The summed E-state index contributed by atoms with van der Waals surface area (Å²) in [6, 6.07) is 15.5. The summed E-state index contributed by atoms with van der Waals surface area (Å²) < 4.78 is 5.95. The van der Waals surface area contributed by atoms with Crippen molar-refractivity contribution in [3.63, 3.8) is 0 Å². The molecule has 2 aromatic carbocycles. The van der Waals surface area contributed by atoms with Crippen LogP contribution in [0.5, 0.6) is 0 Å². The zero-order valence-electron chi connectivity index (χ0n) is 15.5. The first-order valence-corrected chi connectivity index (χ1v) is 10.5. The minimum Gasteiger partial charge on any atom is -0.456 e. The molecular formula is C24H29NO. The molecule has 1 aromatic heterocycles. The molecule has 2 aliphatic rings. The second kappa shape index (κ2) is 6.98. The zero-order chi connectivity index (χ0) is 17.3. The summed E-state index contributed by atoms with van der Waals surface area (Å²) in [5.41, 5.74) is 3.20. The van der Waals surface area contributed by atoms with Gasteiger partial charge >= 0.3 is 0 Å². The fraction of sp³-hybridized carbons (Fsp3) is 0.500. The van der Waals surface area contributed by atoms with Gasteiger partial charge in [-0.15, -0.1) is 0 Å². The smallest absolute Gasteiger partial charge is 0.135 e. The monoisotopic (exact) mass is 347 g/mol. The van der Waals surface area contributed by atoms with E-state index in [2.05, 4.69) is 41.7 Å². The van der Waals surface area contributed by atoms with Crippen molar-refractivity contribution in [3.8, 4) is 0 Å². The van der Waals surface area contributed by atoms with Gasteiger partial charge in [-0.2, -0.15) is 0 Å². The van der Waals surface area contributed by atoms with Crippen LogP contribution in [0, 0.1) is 11.8 Å². The highest BCUT2D eigenvalue weighted by molar-refractivity contribution is 6.05. The first-order valence-electron chi connectivity index (χ1n) is 10.5. The Balaban J connectivity index is 1.27. The molecule has 0 saturated heterocycles. The highest BCUT2D eigenvalue weighted by atomic mass is 16.3. The Morgan fingerprint density at radius 1 is 0.692 bits per heavy atom. The summed E-state index contributed by atoms with van der Waals surface area (Å²) in [6.07, 6.45) is 12.9. The Kier molecular flexibility index (Phi) is 4.36. The number of anilines is 1. The Morgan fingerprint density at radius 3 is 2.27 bits per heavy atom. The van der Waals surface area contributed by atoms with Crippen LogP contribution >= 0.6 is 0 Å². The Labute approximate surface area is 156 Å². The molecule has 0 unspecified atom stereocenters. The topological polar surface area (TPSA) is 25.2 Å². The molecule has 2 saturated carbocycles. The minimum absolute atomic E-state index is 0.630. The lowest BCUT2D eigenvalue weighted by atomic mass is 9.72. The second-order valence-corrected chi connectivity index (χ2v) is 8.46. The van der Waals surface area contributed by atoms with Crippen LogP contribution in [-0.2, 0) is 0 Å². The molecule has 0 spiro atoms. The maximum atomic E-state index is 5.95. The normalized spacial score (nSPS) is 24.9. The predicted octanol–water partition coefficient (Wildman–Crippen LogP) is 7.14. The van der Waals surface area contributed by atoms with Gasteiger partial charge < -0.3 is 9.73 Å². The average molecular weight is 348 g/mol. The van der Waals surface area contributed by atoms with E-state index in [1.165, 1.54) is 74.2 Å². The molecule has 2 fully saturated rings. The quantitative estimate of drug-likeness (QED) is 0.545. The van der Waals surface area contributed by atoms with Crippen LogP contribution in [0.3, 0.4) is 0 Å². The molecule has 136 valence electrons. The first-order chi connectivity index (χ1) is 12.9. The molecule has 2 heteroatoms. The van der Waals surface area contributed by atoms with E-state index in [1.807, 2.05) is 6.07 Å². The third kappa shape index (κ3) is 3.11. The fourth-order valence-corrected chi connectivity index (χ4v) is 5.39. The average Bonchev–Trinajstić information content (AvgIpc) is 3.07. The van der Waals surface area contributed by atoms with Gasteiger partial charge in [-0.1, -0.05) is 50.3 Å². The molecule has 1 N–H and O–H groups in total. The summed E-state index contributed by atoms with van der Waals surface area (Å²) >= 11 is 0. The molecule has 0 amide bonds. The van der Waals surface area contributed by atoms with Crippen molar-refractivity contribution in [2.75, 3.05) is 5.32 Å². The number of furan rings is 1. The Bertz CT molecular complexity index is 882. The number of hydrogen-bond donors (Lipinski definition) is 1. The molecule has 2 aliphatic carbocycles. The van der Waals surface area contributed by atoms with Gasteiger partial charge in [0.2, 0.25) is 0 Å². The summed E-state index contributed by atoms with van der Waals surface area (Å²) in [6.45, 7) is 0. The van der Waals surface area contributed by atoms with Crippen LogP contribution in [-0.4, -0.2) is 6.04 Å². The predicted molar refractivity (Wildman–Crippen MR) is 110 cm³/mol. The van der Waals surface area contributed by atoms with E-state index >= 15 is 0 Å². The molecule has 5 rings (SSSR count). The molecule has 0 radical (unpaired) electrons.